The van der Waals surface area contributed by atoms with Crippen molar-refractivity contribution in [1.82, 2.24) is 5.32 Å². The van der Waals surface area contributed by atoms with Crippen molar-refractivity contribution < 1.29 is 13.6 Å². The van der Waals surface area contributed by atoms with Crippen molar-refractivity contribution in [2.75, 3.05) is 18.4 Å². The van der Waals surface area contributed by atoms with Gasteiger partial charge in [0.15, 0.2) is 0 Å². The van der Waals surface area contributed by atoms with Crippen molar-refractivity contribution in [3.05, 3.63) is 64.7 Å². The lowest BCUT2D eigenvalue weighted by Gasteiger charge is -2.20. The number of hydrogen-bond acceptors (Lipinski definition) is 2. The molecule has 0 spiro atoms. The molecule has 3 rings (SSSR count). The zero-order valence-corrected chi connectivity index (χ0v) is 12.7. The van der Waals surface area contributed by atoms with Crippen molar-refractivity contribution in [3.63, 3.8) is 0 Å². The molecule has 0 fully saturated rings. The standard InChI is InChI=1S/C18H18F2N2O/c19-15-6-2-7-16(20)14(15)5-3-10-21-17-8-1-4-13-12(17)9-11-22-18(13)23/h1-2,4,6-8,21H,3,5,9-11H2,(H,22,23). The molecule has 0 radical (unpaired) electrons. The molecular weight excluding hydrogens is 298 g/mol. The summed E-state index contributed by atoms with van der Waals surface area (Å²) in [5.74, 6) is -1.05. The second kappa shape index (κ2) is 6.77. The van der Waals surface area contributed by atoms with Gasteiger partial charge < -0.3 is 10.6 Å². The lowest BCUT2D eigenvalue weighted by Crippen LogP contribution is -2.32. The molecule has 3 nitrogen and oxygen atoms in total. The van der Waals surface area contributed by atoms with Gasteiger partial charge in [-0.05, 0) is 49.1 Å². The van der Waals surface area contributed by atoms with Crippen molar-refractivity contribution >= 4 is 11.6 Å². The Morgan fingerprint density at radius 2 is 1.83 bits per heavy atom. The molecule has 2 aromatic carbocycles. The van der Waals surface area contributed by atoms with Gasteiger partial charge >= 0.3 is 0 Å². The van der Waals surface area contributed by atoms with E-state index in [9.17, 15) is 13.6 Å². The summed E-state index contributed by atoms with van der Waals surface area (Å²) in [4.78, 5) is 11.8. The van der Waals surface area contributed by atoms with E-state index in [-0.39, 0.29) is 11.5 Å². The van der Waals surface area contributed by atoms with Crippen LogP contribution in [-0.2, 0) is 12.8 Å². The number of nitrogens with one attached hydrogen (secondary N) is 2. The number of fused-ring (bicyclic) bond motifs is 1. The summed E-state index contributed by atoms with van der Waals surface area (Å²) in [6, 6.07) is 9.50. The first-order valence-electron chi connectivity index (χ1n) is 7.73. The van der Waals surface area contributed by atoms with Crippen molar-refractivity contribution in [2.24, 2.45) is 0 Å². The molecule has 0 aliphatic carbocycles. The number of carbonyl (C=O) groups is 1. The third kappa shape index (κ3) is 3.33. The van der Waals surface area contributed by atoms with E-state index >= 15 is 0 Å². The zero-order valence-electron chi connectivity index (χ0n) is 12.7. The largest absolute Gasteiger partial charge is 0.385 e. The van der Waals surface area contributed by atoms with Gasteiger partial charge in [-0.15, -0.1) is 0 Å². The zero-order chi connectivity index (χ0) is 16.2. The summed E-state index contributed by atoms with van der Waals surface area (Å²) >= 11 is 0. The van der Waals surface area contributed by atoms with Gasteiger partial charge in [0.2, 0.25) is 0 Å². The number of hydrogen-bond donors (Lipinski definition) is 2. The molecule has 0 bridgehead atoms. The normalized spacial score (nSPS) is 13.4. The van der Waals surface area contributed by atoms with Crippen molar-refractivity contribution in [1.29, 1.82) is 0 Å². The molecule has 0 aromatic heterocycles. The Bertz CT molecular complexity index is 711. The second-order valence-electron chi connectivity index (χ2n) is 5.57. The Balaban J connectivity index is 1.62. The molecule has 1 aliphatic heterocycles. The average molecular weight is 316 g/mol. The fourth-order valence-electron chi connectivity index (χ4n) is 2.89. The van der Waals surface area contributed by atoms with Crippen LogP contribution in [-0.4, -0.2) is 19.0 Å². The van der Waals surface area contributed by atoms with Gasteiger partial charge in [0.1, 0.15) is 11.6 Å². The van der Waals surface area contributed by atoms with Crippen LogP contribution in [0, 0.1) is 11.6 Å². The number of rotatable bonds is 5. The number of benzene rings is 2. The summed E-state index contributed by atoms with van der Waals surface area (Å²) in [6.07, 6.45) is 1.72. The van der Waals surface area contributed by atoms with E-state index in [0.29, 0.717) is 31.5 Å². The monoisotopic (exact) mass is 316 g/mol. The van der Waals surface area contributed by atoms with E-state index in [1.807, 2.05) is 18.2 Å². The Morgan fingerprint density at radius 1 is 1.09 bits per heavy atom. The Morgan fingerprint density at radius 3 is 2.61 bits per heavy atom. The highest BCUT2D eigenvalue weighted by Gasteiger charge is 2.18. The Kier molecular flexibility index (Phi) is 4.55. The van der Waals surface area contributed by atoms with Crippen LogP contribution in [0.1, 0.15) is 27.9 Å². The van der Waals surface area contributed by atoms with E-state index < -0.39 is 11.6 Å². The van der Waals surface area contributed by atoms with Gasteiger partial charge in [-0.3, -0.25) is 4.79 Å². The highest BCUT2D eigenvalue weighted by molar-refractivity contribution is 5.98. The van der Waals surface area contributed by atoms with Crippen LogP contribution in [0.3, 0.4) is 0 Å². The molecule has 0 atom stereocenters. The maximum absolute atomic E-state index is 13.6. The summed E-state index contributed by atoms with van der Waals surface area (Å²) in [7, 11) is 0. The first kappa shape index (κ1) is 15.5. The third-order valence-corrected chi connectivity index (χ3v) is 4.06. The van der Waals surface area contributed by atoms with Crippen LogP contribution < -0.4 is 10.6 Å². The maximum Gasteiger partial charge on any atom is 0.251 e. The molecule has 0 unspecified atom stereocenters. The van der Waals surface area contributed by atoms with E-state index in [1.165, 1.54) is 18.2 Å². The molecule has 2 aromatic rings. The highest BCUT2D eigenvalue weighted by Crippen LogP contribution is 2.23. The molecule has 0 saturated carbocycles. The fourth-order valence-corrected chi connectivity index (χ4v) is 2.89. The number of carbonyl (C=O) groups excluding carboxylic acids is 1. The van der Waals surface area contributed by atoms with Crippen LogP contribution in [0.25, 0.3) is 0 Å². The first-order chi connectivity index (χ1) is 11.2. The predicted octanol–water partition coefficient (Wildman–Crippen LogP) is 3.30. The number of anilines is 1. The van der Waals surface area contributed by atoms with Gasteiger partial charge in [-0.25, -0.2) is 8.78 Å². The summed E-state index contributed by atoms with van der Waals surface area (Å²) in [6.45, 7) is 1.22. The molecule has 120 valence electrons. The smallest absolute Gasteiger partial charge is 0.251 e. The van der Waals surface area contributed by atoms with E-state index in [1.54, 1.807) is 0 Å². The summed E-state index contributed by atoms with van der Waals surface area (Å²) in [5.41, 5.74) is 2.75. The number of amides is 1. The molecular formula is C18H18F2N2O. The highest BCUT2D eigenvalue weighted by atomic mass is 19.1. The van der Waals surface area contributed by atoms with E-state index in [2.05, 4.69) is 10.6 Å². The lowest BCUT2D eigenvalue weighted by atomic mass is 9.98. The molecule has 23 heavy (non-hydrogen) atoms. The van der Waals surface area contributed by atoms with Crippen LogP contribution in [0.2, 0.25) is 0 Å². The van der Waals surface area contributed by atoms with Crippen molar-refractivity contribution in [2.45, 2.75) is 19.3 Å². The van der Waals surface area contributed by atoms with E-state index in [4.69, 9.17) is 0 Å². The molecule has 0 saturated heterocycles. The third-order valence-electron chi connectivity index (χ3n) is 4.06. The van der Waals surface area contributed by atoms with Gasteiger partial charge in [-0.1, -0.05) is 12.1 Å². The molecule has 1 heterocycles. The molecule has 1 aliphatic rings. The fraction of sp³-hybridized carbons (Fsp3) is 0.278. The van der Waals surface area contributed by atoms with Gasteiger partial charge in [0.25, 0.3) is 5.91 Å². The second-order valence-corrected chi connectivity index (χ2v) is 5.57. The topological polar surface area (TPSA) is 41.1 Å². The van der Waals surface area contributed by atoms with Gasteiger partial charge in [0, 0.05) is 29.9 Å². The first-order valence-corrected chi connectivity index (χ1v) is 7.73. The summed E-state index contributed by atoms with van der Waals surface area (Å²) in [5, 5.41) is 6.09. The quantitative estimate of drug-likeness (QED) is 0.831. The molecule has 2 N–H and O–H groups in total. The minimum absolute atomic E-state index is 0.0525. The number of halogens is 2. The Labute approximate surface area is 133 Å². The van der Waals surface area contributed by atoms with Gasteiger partial charge in [-0.2, -0.15) is 0 Å². The van der Waals surface area contributed by atoms with Crippen LogP contribution in [0.5, 0.6) is 0 Å². The minimum atomic E-state index is -0.501. The lowest BCUT2D eigenvalue weighted by molar-refractivity contribution is 0.0946. The van der Waals surface area contributed by atoms with E-state index in [0.717, 1.165) is 17.7 Å². The molecule has 5 heteroatoms. The molecule has 1 amide bonds. The van der Waals surface area contributed by atoms with Gasteiger partial charge in [0.05, 0.1) is 0 Å². The van der Waals surface area contributed by atoms with Crippen LogP contribution in [0.4, 0.5) is 14.5 Å². The van der Waals surface area contributed by atoms with Crippen molar-refractivity contribution in [3.8, 4) is 0 Å². The maximum atomic E-state index is 13.6. The predicted molar refractivity (Wildman–Crippen MR) is 85.6 cm³/mol. The SMILES string of the molecule is O=C1NCCc2c(NCCCc3c(F)cccc3F)cccc21. The minimum Gasteiger partial charge on any atom is -0.385 e. The average Bonchev–Trinajstić information content (AvgIpc) is 2.54. The Hall–Kier alpha value is -2.43. The van der Waals surface area contributed by atoms with Crippen LogP contribution >= 0.6 is 0 Å². The summed E-state index contributed by atoms with van der Waals surface area (Å²) < 4.78 is 27.1. The van der Waals surface area contributed by atoms with Crippen LogP contribution in [0.15, 0.2) is 36.4 Å².